The van der Waals surface area contributed by atoms with Gasteiger partial charge in [0.25, 0.3) is 5.91 Å². The molecule has 1 aromatic heterocycles. The molecule has 0 atom stereocenters. The molecule has 0 radical (unpaired) electrons. The van der Waals surface area contributed by atoms with Crippen molar-refractivity contribution in [3.8, 4) is 11.1 Å². The first kappa shape index (κ1) is 24.7. The topological polar surface area (TPSA) is 56.1 Å². The fraction of sp³-hybridized carbons (Fsp3) is 0.333. The monoisotopic (exact) mass is 469 g/mol. The summed E-state index contributed by atoms with van der Waals surface area (Å²) in [6, 6.07) is 23.2. The van der Waals surface area contributed by atoms with E-state index < -0.39 is 0 Å². The number of fused-ring (bicyclic) bond motifs is 1. The van der Waals surface area contributed by atoms with E-state index in [1.807, 2.05) is 29.8 Å². The summed E-state index contributed by atoms with van der Waals surface area (Å²) in [5.41, 5.74) is 7.72. The van der Waals surface area contributed by atoms with Gasteiger partial charge in [-0.05, 0) is 59.2 Å². The highest BCUT2D eigenvalue weighted by Gasteiger charge is 2.18. The minimum atomic E-state index is -0.0683. The van der Waals surface area contributed by atoms with Crippen LogP contribution < -0.4 is 5.32 Å². The summed E-state index contributed by atoms with van der Waals surface area (Å²) in [6.45, 7) is 10.7. The van der Waals surface area contributed by atoms with E-state index >= 15 is 0 Å². The molecular weight excluding hydrogens is 434 g/mol. The van der Waals surface area contributed by atoms with Crippen LogP contribution in [-0.2, 0) is 16.7 Å². The lowest BCUT2D eigenvalue weighted by molar-refractivity contribution is 0.0948. The van der Waals surface area contributed by atoms with Crippen LogP contribution in [0.2, 0.25) is 0 Å². The highest BCUT2D eigenvalue weighted by atomic mass is 16.5. The number of hydrogen-bond acceptors (Lipinski definition) is 3. The van der Waals surface area contributed by atoms with Crippen molar-refractivity contribution in [3.05, 3.63) is 89.1 Å². The fourth-order valence-corrected chi connectivity index (χ4v) is 4.47. The van der Waals surface area contributed by atoms with Crippen LogP contribution in [0.4, 0.5) is 0 Å². The minimum absolute atomic E-state index is 0.0683. The quantitative estimate of drug-likeness (QED) is 0.316. The molecule has 0 saturated carbocycles. The largest absolute Gasteiger partial charge is 0.385 e. The molecule has 0 spiro atoms. The van der Waals surface area contributed by atoms with Crippen LogP contribution in [-0.4, -0.2) is 35.9 Å². The Bertz CT molecular complexity index is 1310. The number of carbonyl (C=O) groups excluding carboxylic acids is 1. The average Bonchev–Trinajstić information content (AvgIpc) is 3.16. The molecule has 0 aliphatic carbocycles. The molecule has 1 amide bonds. The highest BCUT2D eigenvalue weighted by Crippen LogP contribution is 2.33. The third-order valence-corrected chi connectivity index (χ3v) is 6.34. The SMILES string of the molecule is COCCCNC(=O)c1ccc2c(c1)c(C)nn2Cc1ccc(-c2ccccc2C(C)(C)C)cc1. The van der Waals surface area contributed by atoms with Crippen molar-refractivity contribution < 1.29 is 9.53 Å². The molecule has 5 heteroatoms. The number of benzene rings is 3. The van der Waals surface area contributed by atoms with E-state index in [9.17, 15) is 4.79 Å². The summed E-state index contributed by atoms with van der Waals surface area (Å²) in [6.07, 6.45) is 0.794. The van der Waals surface area contributed by atoms with Crippen molar-refractivity contribution in [2.45, 2.75) is 46.1 Å². The number of hydrogen-bond donors (Lipinski definition) is 1. The summed E-state index contributed by atoms with van der Waals surface area (Å²) in [4.78, 5) is 12.5. The fourth-order valence-electron chi connectivity index (χ4n) is 4.47. The van der Waals surface area contributed by atoms with Crippen molar-refractivity contribution >= 4 is 16.8 Å². The first-order valence-corrected chi connectivity index (χ1v) is 12.2. The van der Waals surface area contributed by atoms with Gasteiger partial charge in [0, 0.05) is 31.2 Å². The molecule has 4 rings (SSSR count). The van der Waals surface area contributed by atoms with E-state index in [4.69, 9.17) is 9.84 Å². The van der Waals surface area contributed by atoms with Gasteiger partial charge in [0.15, 0.2) is 0 Å². The van der Waals surface area contributed by atoms with E-state index in [1.54, 1.807) is 7.11 Å². The van der Waals surface area contributed by atoms with Crippen LogP contribution >= 0.6 is 0 Å². The lowest BCUT2D eigenvalue weighted by atomic mass is 9.82. The van der Waals surface area contributed by atoms with E-state index in [-0.39, 0.29) is 11.3 Å². The molecule has 0 aliphatic heterocycles. The molecule has 4 aromatic rings. The second-order valence-electron chi connectivity index (χ2n) is 10.1. The van der Waals surface area contributed by atoms with Crippen LogP contribution in [0.15, 0.2) is 66.7 Å². The zero-order valence-corrected chi connectivity index (χ0v) is 21.4. The van der Waals surface area contributed by atoms with Crippen LogP contribution in [0.25, 0.3) is 22.0 Å². The lowest BCUT2D eigenvalue weighted by Gasteiger charge is -2.23. The number of ether oxygens (including phenoxy) is 1. The summed E-state index contributed by atoms with van der Waals surface area (Å²) >= 11 is 0. The Morgan fingerprint density at radius 2 is 1.77 bits per heavy atom. The van der Waals surface area contributed by atoms with Crippen molar-refractivity contribution in [3.63, 3.8) is 0 Å². The zero-order chi connectivity index (χ0) is 25.0. The second kappa shape index (κ2) is 10.4. The Kier molecular flexibility index (Phi) is 7.37. The Morgan fingerprint density at radius 1 is 1.03 bits per heavy atom. The van der Waals surface area contributed by atoms with Gasteiger partial charge in [-0.25, -0.2) is 0 Å². The van der Waals surface area contributed by atoms with Gasteiger partial charge >= 0.3 is 0 Å². The molecule has 0 bridgehead atoms. The van der Waals surface area contributed by atoms with E-state index in [1.165, 1.54) is 22.3 Å². The predicted octanol–water partition coefficient (Wildman–Crippen LogP) is 6.12. The highest BCUT2D eigenvalue weighted by molar-refractivity contribution is 5.98. The van der Waals surface area contributed by atoms with Crippen LogP contribution in [0.1, 0.15) is 54.4 Å². The third-order valence-electron chi connectivity index (χ3n) is 6.34. The predicted molar refractivity (Wildman–Crippen MR) is 143 cm³/mol. The average molecular weight is 470 g/mol. The van der Waals surface area contributed by atoms with Gasteiger partial charge in [0.2, 0.25) is 0 Å². The lowest BCUT2D eigenvalue weighted by Crippen LogP contribution is -2.25. The van der Waals surface area contributed by atoms with Gasteiger partial charge in [0.1, 0.15) is 0 Å². The maximum absolute atomic E-state index is 12.5. The van der Waals surface area contributed by atoms with Crippen molar-refractivity contribution in [1.29, 1.82) is 0 Å². The van der Waals surface area contributed by atoms with Crippen molar-refractivity contribution in [1.82, 2.24) is 15.1 Å². The number of aryl methyl sites for hydroxylation is 1. The van der Waals surface area contributed by atoms with Crippen LogP contribution in [0, 0.1) is 6.92 Å². The Balaban J connectivity index is 1.53. The number of nitrogens with one attached hydrogen (secondary N) is 1. The van der Waals surface area contributed by atoms with Crippen molar-refractivity contribution in [2.75, 3.05) is 20.3 Å². The summed E-state index contributed by atoms with van der Waals surface area (Å²) in [5, 5.41) is 8.72. The molecule has 1 N–H and O–H groups in total. The smallest absolute Gasteiger partial charge is 0.251 e. The van der Waals surface area contributed by atoms with Gasteiger partial charge in [-0.15, -0.1) is 0 Å². The zero-order valence-electron chi connectivity index (χ0n) is 21.4. The van der Waals surface area contributed by atoms with Crippen molar-refractivity contribution in [2.24, 2.45) is 0 Å². The van der Waals surface area contributed by atoms with Gasteiger partial charge in [-0.2, -0.15) is 5.10 Å². The molecule has 0 aliphatic rings. The summed E-state index contributed by atoms with van der Waals surface area (Å²) < 4.78 is 7.06. The van der Waals surface area contributed by atoms with Gasteiger partial charge in [-0.1, -0.05) is 69.3 Å². The number of aromatic nitrogens is 2. The van der Waals surface area contributed by atoms with E-state index in [0.717, 1.165) is 23.0 Å². The normalized spacial score (nSPS) is 11.7. The summed E-state index contributed by atoms with van der Waals surface area (Å²) in [5.74, 6) is -0.0683. The first-order chi connectivity index (χ1) is 16.8. The Hall–Kier alpha value is -3.44. The van der Waals surface area contributed by atoms with Gasteiger partial charge < -0.3 is 10.1 Å². The number of rotatable bonds is 8. The minimum Gasteiger partial charge on any atom is -0.385 e. The van der Waals surface area contributed by atoms with E-state index in [2.05, 4.69) is 74.6 Å². The molecule has 0 fully saturated rings. The number of amides is 1. The maximum Gasteiger partial charge on any atom is 0.251 e. The first-order valence-electron chi connectivity index (χ1n) is 12.2. The Labute approximate surface area is 208 Å². The molecular formula is C30H35N3O2. The molecule has 0 unspecified atom stereocenters. The molecule has 5 nitrogen and oxygen atoms in total. The number of carbonyl (C=O) groups is 1. The molecule has 0 saturated heterocycles. The standard InChI is InChI=1S/C30H35N3O2/c1-21-26-19-24(29(34)31-17-8-18-35-5)15-16-28(26)33(32-21)20-22-11-13-23(14-12-22)25-9-6-7-10-27(25)30(2,3)4/h6-7,9-16,19H,8,17-18,20H2,1-5H3,(H,31,34). The number of methoxy groups -OCH3 is 1. The third kappa shape index (κ3) is 5.63. The van der Waals surface area contributed by atoms with Crippen LogP contribution in [0.3, 0.4) is 0 Å². The number of nitrogens with zero attached hydrogens (tertiary/aromatic N) is 2. The van der Waals surface area contributed by atoms with E-state index in [0.29, 0.717) is 25.3 Å². The summed E-state index contributed by atoms with van der Waals surface area (Å²) in [7, 11) is 1.66. The molecule has 1 heterocycles. The molecule has 35 heavy (non-hydrogen) atoms. The Morgan fingerprint density at radius 3 is 2.49 bits per heavy atom. The second-order valence-corrected chi connectivity index (χ2v) is 10.1. The van der Waals surface area contributed by atoms with Gasteiger partial charge in [0.05, 0.1) is 17.8 Å². The van der Waals surface area contributed by atoms with Crippen LogP contribution in [0.5, 0.6) is 0 Å². The molecule has 3 aromatic carbocycles. The molecule has 182 valence electrons. The maximum atomic E-state index is 12.5. The van der Waals surface area contributed by atoms with Gasteiger partial charge in [-0.3, -0.25) is 9.48 Å².